The SMILES string of the molecule is c1ccc(-c2cc(-c3ccccc3)cc(-c3cc(-c4ccccc4)c4ccc5c(-c6ccccc6)ccnc5c4n3)c2)cc1.c1ccc(-c2ccc(-c3cc(-c4ccccc4)c4ccc5c(-c6ccccc6)ccnc5c4n3)cc2)cc1.c1ccc(-c2ccccc2-c2cc(-c3ccccc3)c3ccc4c(-c5ccccc5)ccnc4c3n2)cc1. The molecule has 0 saturated heterocycles. The Balaban J connectivity index is 0.000000115. The molecule has 0 atom stereocenters. The minimum Gasteiger partial charge on any atom is -0.254 e. The predicted molar refractivity (Wildman–Crippen MR) is 502 cm³/mol. The fourth-order valence-corrected chi connectivity index (χ4v) is 16.7. The molecule has 6 heteroatoms. The lowest BCUT2D eigenvalue weighted by atomic mass is 9.92. The van der Waals surface area contributed by atoms with Gasteiger partial charge in [-0.1, -0.05) is 388 Å². The average Bonchev–Trinajstić information content (AvgIpc) is 0.753. The van der Waals surface area contributed by atoms with Gasteiger partial charge in [0.15, 0.2) is 0 Å². The van der Waals surface area contributed by atoms with Crippen molar-refractivity contribution in [3.63, 3.8) is 0 Å². The molecule has 16 aromatic carbocycles. The van der Waals surface area contributed by atoms with Crippen LogP contribution in [0.15, 0.2) is 461 Å². The molecule has 0 spiro atoms. The van der Waals surface area contributed by atoms with Gasteiger partial charge in [0, 0.05) is 67.6 Å². The second-order valence-corrected chi connectivity index (χ2v) is 29.9. The van der Waals surface area contributed by atoms with Crippen molar-refractivity contribution in [1.82, 2.24) is 29.9 Å². The molecule has 6 nitrogen and oxygen atoms in total. The van der Waals surface area contributed by atoms with Crippen molar-refractivity contribution in [3.05, 3.63) is 461 Å². The van der Waals surface area contributed by atoms with Crippen LogP contribution in [-0.4, -0.2) is 29.9 Å². The van der Waals surface area contributed by atoms with Crippen LogP contribution in [0.5, 0.6) is 0 Å². The summed E-state index contributed by atoms with van der Waals surface area (Å²) in [5.41, 5.74) is 34.9. The first kappa shape index (κ1) is 72.9. The van der Waals surface area contributed by atoms with E-state index in [0.717, 1.165) is 160 Å². The highest BCUT2D eigenvalue weighted by atomic mass is 14.8. The fourth-order valence-electron chi connectivity index (χ4n) is 16.7. The van der Waals surface area contributed by atoms with Gasteiger partial charge < -0.3 is 0 Å². The first-order valence-electron chi connectivity index (χ1n) is 40.6. The molecule has 0 fully saturated rings. The smallest absolute Gasteiger partial charge is 0.0978 e. The summed E-state index contributed by atoms with van der Waals surface area (Å²) in [5.74, 6) is 0. The highest BCUT2D eigenvalue weighted by Gasteiger charge is 2.22. The lowest BCUT2D eigenvalue weighted by Gasteiger charge is -2.15. The van der Waals surface area contributed by atoms with Gasteiger partial charge in [0.25, 0.3) is 0 Å². The van der Waals surface area contributed by atoms with Crippen LogP contribution in [0, 0.1) is 0 Å². The van der Waals surface area contributed by atoms with E-state index >= 15 is 0 Å². The Bertz CT molecular complexity index is 7380. The maximum Gasteiger partial charge on any atom is 0.0978 e. The Morgan fingerprint density at radius 2 is 0.333 bits per heavy atom. The topological polar surface area (TPSA) is 77.3 Å². The number of aromatic nitrogens is 6. The van der Waals surface area contributed by atoms with Crippen LogP contribution in [0.25, 0.3) is 210 Å². The Hall–Kier alpha value is -16.0. The van der Waals surface area contributed by atoms with Gasteiger partial charge >= 0.3 is 0 Å². The molecule has 562 valence electrons. The third-order valence-electron chi connectivity index (χ3n) is 22.6. The predicted octanol–water partition coefficient (Wildman–Crippen LogP) is 30.0. The minimum absolute atomic E-state index is 0.906. The second-order valence-electron chi connectivity index (χ2n) is 29.9. The summed E-state index contributed by atoms with van der Waals surface area (Å²) in [6, 6.07) is 155. The monoisotopic (exact) mass is 1530 g/mol. The lowest BCUT2D eigenvalue weighted by molar-refractivity contribution is 1.37. The molecular formula is C114H76N6. The number of fused-ring (bicyclic) bond motifs is 9. The van der Waals surface area contributed by atoms with Gasteiger partial charge in [-0.05, 0) is 166 Å². The summed E-state index contributed by atoms with van der Waals surface area (Å²) in [6.07, 6.45) is 5.71. The molecule has 0 radical (unpaired) electrons. The van der Waals surface area contributed by atoms with Crippen molar-refractivity contribution in [2.24, 2.45) is 0 Å². The minimum atomic E-state index is 0.906. The summed E-state index contributed by atoms with van der Waals surface area (Å²) in [4.78, 5) is 30.6. The van der Waals surface area contributed by atoms with Crippen LogP contribution >= 0.6 is 0 Å². The van der Waals surface area contributed by atoms with E-state index in [2.05, 4.69) is 425 Å². The first-order chi connectivity index (χ1) is 59.5. The lowest BCUT2D eigenvalue weighted by Crippen LogP contribution is -1.95. The molecule has 0 unspecified atom stereocenters. The number of nitrogens with zero attached hydrogens (tertiary/aromatic N) is 6. The molecule has 0 aliphatic rings. The summed E-state index contributed by atoms with van der Waals surface area (Å²) in [7, 11) is 0. The van der Waals surface area contributed by atoms with Crippen LogP contribution in [0.2, 0.25) is 0 Å². The van der Waals surface area contributed by atoms with Crippen molar-refractivity contribution in [1.29, 1.82) is 0 Å². The Labute approximate surface area is 697 Å². The normalized spacial score (nSPS) is 11.2. The molecule has 22 aromatic rings. The Morgan fingerprint density at radius 3 is 0.658 bits per heavy atom. The number of hydrogen-bond donors (Lipinski definition) is 0. The standard InChI is InChI=1S/C42H28N2.2C36H24N2/c1-5-13-29(14-6-1)33-25-34(30-15-7-2-8-16-30)27-35(26-33)40-28-39(32-19-11-4-12-20-32)38-22-21-37-36(31-17-9-3-10-18-31)23-24-43-41(37)42(38)44-40;1-4-12-25(13-5-1)28-18-10-11-19-30(28)34-24-33(27-16-8-3-9-17-27)32-21-20-31-29(26-14-6-2-7-15-26)22-23-37-35(31)36(32)38-34;1-4-10-25(11-5-1)26-16-18-29(19-17-26)34-24-33(28-14-8-3-9-15-28)32-21-20-31-30(27-12-6-2-7-13-27)22-23-37-35(31)36(32)38-34/h1-28H;2*1-24H. The van der Waals surface area contributed by atoms with E-state index in [1.54, 1.807) is 0 Å². The van der Waals surface area contributed by atoms with Gasteiger partial charge in [-0.2, -0.15) is 0 Å². The second kappa shape index (κ2) is 33.1. The van der Waals surface area contributed by atoms with Crippen LogP contribution in [-0.2, 0) is 0 Å². The van der Waals surface area contributed by atoms with Gasteiger partial charge in [0.05, 0.1) is 50.2 Å². The largest absolute Gasteiger partial charge is 0.254 e. The van der Waals surface area contributed by atoms with E-state index in [-0.39, 0.29) is 0 Å². The zero-order chi connectivity index (χ0) is 79.9. The first-order valence-corrected chi connectivity index (χ1v) is 40.6. The maximum absolute atomic E-state index is 5.40. The fraction of sp³-hybridized carbons (Fsp3) is 0. The van der Waals surface area contributed by atoms with E-state index in [1.807, 2.05) is 36.8 Å². The molecule has 0 aliphatic heterocycles. The van der Waals surface area contributed by atoms with Crippen molar-refractivity contribution >= 4 is 65.4 Å². The summed E-state index contributed by atoms with van der Waals surface area (Å²) in [6.45, 7) is 0. The number of hydrogen-bond acceptors (Lipinski definition) is 6. The molecule has 0 saturated carbocycles. The summed E-state index contributed by atoms with van der Waals surface area (Å²) < 4.78 is 0. The van der Waals surface area contributed by atoms with Gasteiger partial charge in [0.2, 0.25) is 0 Å². The van der Waals surface area contributed by atoms with Crippen molar-refractivity contribution in [2.45, 2.75) is 0 Å². The van der Waals surface area contributed by atoms with Gasteiger partial charge in [0.1, 0.15) is 0 Å². The quantitative estimate of drug-likeness (QED) is 0.107. The number of rotatable bonds is 13. The van der Waals surface area contributed by atoms with E-state index in [1.165, 1.54) is 50.1 Å². The molecule has 0 amide bonds. The van der Waals surface area contributed by atoms with Gasteiger partial charge in [-0.3, -0.25) is 15.0 Å². The highest BCUT2D eigenvalue weighted by molar-refractivity contribution is 6.16. The Morgan fingerprint density at radius 1 is 0.117 bits per heavy atom. The highest BCUT2D eigenvalue weighted by Crippen LogP contribution is 2.44. The van der Waals surface area contributed by atoms with Crippen molar-refractivity contribution in [2.75, 3.05) is 0 Å². The molecule has 22 rings (SSSR count). The average molecular weight is 1530 g/mol. The summed E-state index contributed by atoms with van der Waals surface area (Å²) >= 11 is 0. The van der Waals surface area contributed by atoms with Crippen LogP contribution < -0.4 is 0 Å². The zero-order valence-electron chi connectivity index (χ0n) is 65.6. The third kappa shape index (κ3) is 14.7. The number of benzene rings is 16. The molecule has 0 bridgehead atoms. The zero-order valence-corrected chi connectivity index (χ0v) is 65.6. The van der Waals surface area contributed by atoms with Crippen LogP contribution in [0.1, 0.15) is 0 Å². The van der Waals surface area contributed by atoms with Crippen LogP contribution in [0.4, 0.5) is 0 Å². The van der Waals surface area contributed by atoms with Crippen molar-refractivity contribution in [3.8, 4) is 145 Å². The van der Waals surface area contributed by atoms with Gasteiger partial charge in [-0.25, -0.2) is 15.0 Å². The van der Waals surface area contributed by atoms with E-state index in [4.69, 9.17) is 29.9 Å². The van der Waals surface area contributed by atoms with E-state index in [0.29, 0.717) is 0 Å². The molecule has 120 heavy (non-hydrogen) atoms. The maximum atomic E-state index is 5.40. The molecule has 6 heterocycles. The van der Waals surface area contributed by atoms with Gasteiger partial charge in [-0.15, -0.1) is 0 Å². The molecule has 0 aliphatic carbocycles. The van der Waals surface area contributed by atoms with Crippen molar-refractivity contribution < 1.29 is 0 Å². The summed E-state index contributed by atoms with van der Waals surface area (Å²) in [5, 5.41) is 6.60. The molecule has 0 N–H and O–H groups in total. The molecule has 6 aromatic heterocycles. The van der Waals surface area contributed by atoms with Crippen LogP contribution in [0.3, 0.4) is 0 Å². The van der Waals surface area contributed by atoms with E-state index < -0.39 is 0 Å². The number of pyridine rings is 6. The Kier molecular flexibility index (Phi) is 20.1. The third-order valence-corrected chi connectivity index (χ3v) is 22.6. The van der Waals surface area contributed by atoms with E-state index in [9.17, 15) is 0 Å². The molecular weight excluding hydrogens is 1450 g/mol.